The van der Waals surface area contributed by atoms with Crippen molar-refractivity contribution in [1.29, 1.82) is 0 Å². The van der Waals surface area contributed by atoms with Crippen LogP contribution < -0.4 is 5.32 Å². The van der Waals surface area contributed by atoms with Crippen molar-refractivity contribution in [2.24, 2.45) is 7.05 Å². The number of anilines is 1. The minimum Gasteiger partial charge on any atom is -0.334 e. The van der Waals surface area contributed by atoms with Gasteiger partial charge in [-0.3, -0.25) is 14.8 Å². The standard InChI is InChI=1S/C19H28N6O/c1-12-18(13(2)23-22-12)21-17(26)11-25-10-6-9-16(25)19-20-14-7-4-5-8-15(14)24(19)3/h16H,4-11H2,1-3H3,(H,21,26)(H,22,23)/t16-/m0/s1. The third-order valence-electron chi connectivity index (χ3n) is 5.81. The van der Waals surface area contributed by atoms with Crippen molar-refractivity contribution in [3.05, 3.63) is 28.6 Å². The number of hydrogen-bond donors (Lipinski definition) is 2. The van der Waals surface area contributed by atoms with Gasteiger partial charge in [0.05, 0.1) is 35.4 Å². The predicted octanol–water partition coefficient (Wildman–Crippen LogP) is 2.41. The fourth-order valence-electron chi connectivity index (χ4n) is 4.41. The Bertz CT molecular complexity index is 801. The number of carbonyl (C=O) groups is 1. The second kappa shape index (κ2) is 6.87. The molecule has 0 bridgehead atoms. The number of likely N-dealkylation sites (tertiary alicyclic amines) is 1. The number of imidazole rings is 1. The lowest BCUT2D eigenvalue weighted by Crippen LogP contribution is -2.34. The molecule has 1 saturated heterocycles. The van der Waals surface area contributed by atoms with Crippen molar-refractivity contribution in [2.45, 2.75) is 58.4 Å². The minimum absolute atomic E-state index is 0.0171. The SMILES string of the molecule is Cc1n[nH]c(C)c1NC(=O)CN1CCC[C@H]1c1nc2c(n1C)CCCC2. The Hall–Kier alpha value is -2.15. The van der Waals surface area contributed by atoms with Gasteiger partial charge < -0.3 is 9.88 Å². The van der Waals surface area contributed by atoms with E-state index in [4.69, 9.17) is 4.98 Å². The number of carbonyl (C=O) groups excluding carboxylic acids is 1. The molecule has 2 aromatic rings. The van der Waals surface area contributed by atoms with Gasteiger partial charge in [-0.1, -0.05) is 0 Å². The van der Waals surface area contributed by atoms with Crippen LogP contribution in [0.4, 0.5) is 5.69 Å². The summed E-state index contributed by atoms with van der Waals surface area (Å²) in [5.74, 6) is 1.15. The first-order valence-electron chi connectivity index (χ1n) is 9.64. The normalized spacial score (nSPS) is 20.3. The molecule has 2 N–H and O–H groups in total. The summed E-state index contributed by atoms with van der Waals surface area (Å²) in [4.78, 5) is 19.8. The van der Waals surface area contributed by atoms with Crippen LogP contribution in [0.25, 0.3) is 0 Å². The lowest BCUT2D eigenvalue weighted by atomic mass is 10.0. The number of aryl methyl sites for hydroxylation is 3. The van der Waals surface area contributed by atoms with Crippen molar-refractivity contribution >= 4 is 11.6 Å². The maximum absolute atomic E-state index is 12.6. The predicted molar refractivity (Wildman–Crippen MR) is 100 cm³/mol. The summed E-state index contributed by atoms with van der Waals surface area (Å²) in [6.45, 7) is 5.16. The van der Waals surface area contributed by atoms with Crippen molar-refractivity contribution in [3.8, 4) is 0 Å². The maximum atomic E-state index is 12.6. The van der Waals surface area contributed by atoms with E-state index in [9.17, 15) is 4.79 Å². The first-order chi connectivity index (χ1) is 12.5. The molecule has 2 aromatic heterocycles. The molecule has 0 spiro atoms. The van der Waals surface area contributed by atoms with E-state index in [-0.39, 0.29) is 11.9 Å². The number of aromatic nitrogens is 4. The molecule has 7 nitrogen and oxygen atoms in total. The Morgan fingerprint density at radius 3 is 2.81 bits per heavy atom. The molecule has 26 heavy (non-hydrogen) atoms. The van der Waals surface area contributed by atoms with Crippen molar-refractivity contribution < 1.29 is 4.79 Å². The van der Waals surface area contributed by atoms with E-state index in [0.29, 0.717) is 6.54 Å². The molecule has 1 fully saturated rings. The van der Waals surface area contributed by atoms with Crippen molar-refractivity contribution in [3.63, 3.8) is 0 Å². The number of hydrogen-bond acceptors (Lipinski definition) is 4. The number of nitrogens with one attached hydrogen (secondary N) is 2. The molecule has 1 aliphatic heterocycles. The topological polar surface area (TPSA) is 78.8 Å². The first kappa shape index (κ1) is 17.3. The van der Waals surface area contributed by atoms with Crippen LogP contribution in [0.15, 0.2) is 0 Å². The van der Waals surface area contributed by atoms with Crippen LogP contribution in [-0.4, -0.2) is 43.6 Å². The average molecular weight is 356 g/mol. The summed E-state index contributed by atoms with van der Waals surface area (Å²) in [7, 11) is 2.14. The van der Waals surface area contributed by atoms with Gasteiger partial charge in [0, 0.05) is 12.7 Å². The Morgan fingerprint density at radius 2 is 2.08 bits per heavy atom. The molecule has 4 rings (SSSR count). The van der Waals surface area contributed by atoms with Crippen molar-refractivity contribution in [2.75, 3.05) is 18.4 Å². The van der Waals surface area contributed by atoms with Gasteiger partial charge in [-0.05, 0) is 58.9 Å². The summed E-state index contributed by atoms with van der Waals surface area (Å²) >= 11 is 0. The van der Waals surface area contributed by atoms with Crippen LogP contribution in [0, 0.1) is 13.8 Å². The van der Waals surface area contributed by atoms with Gasteiger partial charge in [0.15, 0.2) is 0 Å². The molecule has 1 atom stereocenters. The van der Waals surface area contributed by atoms with E-state index in [1.807, 2.05) is 13.8 Å². The maximum Gasteiger partial charge on any atom is 0.238 e. The number of H-pyrrole nitrogens is 1. The van der Waals surface area contributed by atoms with Gasteiger partial charge in [0.1, 0.15) is 5.82 Å². The summed E-state index contributed by atoms with van der Waals surface area (Å²) in [6.07, 6.45) is 6.90. The summed E-state index contributed by atoms with van der Waals surface area (Å²) in [5, 5.41) is 10.1. The highest BCUT2D eigenvalue weighted by molar-refractivity contribution is 5.93. The van der Waals surface area contributed by atoms with Crippen LogP contribution in [-0.2, 0) is 24.7 Å². The number of fused-ring (bicyclic) bond motifs is 1. The molecule has 0 aromatic carbocycles. The molecule has 0 radical (unpaired) electrons. The monoisotopic (exact) mass is 356 g/mol. The van der Waals surface area contributed by atoms with Gasteiger partial charge in [-0.2, -0.15) is 5.10 Å². The molecule has 0 saturated carbocycles. The number of amides is 1. The van der Waals surface area contributed by atoms with E-state index >= 15 is 0 Å². The fraction of sp³-hybridized carbons (Fsp3) is 0.632. The van der Waals surface area contributed by atoms with Crippen LogP contribution in [0.3, 0.4) is 0 Å². The molecule has 3 heterocycles. The summed E-state index contributed by atoms with van der Waals surface area (Å²) in [5.41, 5.74) is 5.19. The van der Waals surface area contributed by atoms with E-state index in [1.54, 1.807) is 0 Å². The molecule has 1 aliphatic carbocycles. The van der Waals surface area contributed by atoms with Gasteiger partial charge in [-0.15, -0.1) is 0 Å². The van der Waals surface area contributed by atoms with Gasteiger partial charge >= 0.3 is 0 Å². The second-order valence-corrected chi connectivity index (χ2v) is 7.62. The average Bonchev–Trinajstić information content (AvgIpc) is 3.29. The molecular weight excluding hydrogens is 328 g/mol. The Labute approximate surface area is 154 Å². The van der Waals surface area contributed by atoms with E-state index in [2.05, 4.69) is 32.0 Å². The Balaban J connectivity index is 1.49. The zero-order valence-electron chi connectivity index (χ0n) is 15.9. The molecule has 7 heteroatoms. The van der Waals surface area contributed by atoms with Crippen LogP contribution in [0.1, 0.15) is 60.3 Å². The van der Waals surface area contributed by atoms with Crippen LogP contribution in [0.2, 0.25) is 0 Å². The summed E-state index contributed by atoms with van der Waals surface area (Å²) < 4.78 is 2.29. The zero-order chi connectivity index (χ0) is 18.3. The highest BCUT2D eigenvalue weighted by Crippen LogP contribution is 2.33. The van der Waals surface area contributed by atoms with E-state index in [0.717, 1.165) is 55.1 Å². The quantitative estimate of drug-likeness (QED) is 0.882. The molecule has 0 unspecified atom stereocenters. The summed E-state index contributed by atoms with van der Waals surface area (Å²) in [6, 6.07) is 0.239. The van der Waals surface area contributed by atoms with Gasteiger partial charge in [0.25, 0.3) is 0 Å². The lowest BCUT2D eigenvalue weighted by molar-refractivity contribution is -0.117. The van der Waals surface area contributed by atoms with Gasteiger partial charge in [-0.25, -0.2) is 4.98 Å². The highest BCUT2D eigenvalue weighted by Gasteiger charge is 2.32. The molecular formula is C19H28N6O. The van der Waals surface area contributed by atoms with E-state index < -0.39 is 0 Å². The highest BCUT2D eigenvalue weighted by atomic mass is 16.2. The third kappa shape index (κ3) is 3.05. The molecule has 2 aliphatic rings. The number of aromatic amines is 1. The molecule has 140 valence electrons. The number of rotatable bonds is 4. The van der Waals surface area contributed by atoms with Crippen molar-refractivity contribution in [1.82, 2.24) is 24.6 Å². The van der Waals surface area contributed by atoms with Crippen LogP contribution in [0.5, 0.6) is 0 Å². The lowest BCUT2D eigenvalue weighted by Gasteiger charge is -2.23. The molecule has 1 amide bonds. The second-order valence-electron chi connectivity index (χ2n) is 7.62. The smallest absolute Gasteiger partial charge is 0.238 e. The van der Waals surface area contributed by atoms with E-state index in [1.165, 1.54) is 24.2 Å². The largest absolute Gasteiger partial charge is 0.334 e. The first-order valence-corrected chi connectivity index (χ1v) is 9.64. The Kier molecular flexibility index (Phi) is 4.56. The zero-order valence-corrected chi connectivity index (χ0v) is 15.9. The van der Waals surface area contributed by atoms with Crippen LogP contribution >= 0.6 is 0 Å². The van der Waals surface area contributed by atoms with Gasteiger partial charge in [0.2, 0.25) is 5.91 Å². The fourth-order valence-corrected chi connectivity index (χ4v) is 4.41. The third-order valence-corrected chi connectivity index (χ3v) is 5.81. The number of nitrogens with zero attached hydrogens (tertiary/aromatic N) is 4. The Morgan fingerprint density at radius 1 is 1.27 bits per heavy atom. The minimum atomic E-state index is 0.0171.